The molecule has 0 radical (unpaired) electrons. The van der Waals surface area contributed by atoms with Crippen LogP contribution >= 0.6 is 0 Å². The average molecular weight is 230 g/mol. The fraction of sp³-hybridized carbons (Fsp3) is 0.538. The molecule has 1 saturated heterocycles. The Bertz CT molecular complexity index is 430. The van der Waals surface area contributed by atoms with Gasteiger partial charge in [0.2, 0.25) is 0 Å². The molecule has 1 fully saturated rings. The summed E-state index contributed by atoms with van der Waals surface area (Å²) in [4.78, 5) is 6.64. The van der Waals surface area contributed by atoms with E-state index in [4.69, 9.17) is 0 Å². The van der Waals surface area contributed by atoms with Gasteiger partial charge in [0.05, 0.1) is 5.56 Å². The summed E-state index contributed by atoms with van der Waals surface area (Å²) in [6, 6.07) is 4.63. The second kappa shape index (κ2) is 5.15. The van der Waals surface area contributed by atoms with Crippen LogP contribution in [0.4, 0.5) is 5.82 Å². The van der Waals surface area contributed by atoms with E-state index in [1.807, 2.05) is 13.0 Å². The van der Waals surface area contributed by atoms with Gasteiger partial charge in [-0.15, -0.1) is 0 Å². The van der Waals surface area contributed by atoms with Gasteiger partial charge in [0.1, 0.15) is 11.9 Å². The normalized spacial score (nSPS) is 19.0. The molecule has 17 heavy (non-hydrogen) atoms. The van der Waals surface area contributed by atoms with E-state index in [9.17, 15) is 5.26 Å². The molecule has 4 heteroatoms. The Morgan fingerprint density at radius 1 is 1.65 bits per heavy atom. The molecule has 1 aromatic rings. The minimum atomic E-state index is 0.460. The lowest BCUT2D eigenvalue weighted by Gasteiger charge is -2.29. The van der Waals surface area contributed by atoms with Gasteiger partial charge in [-0.05, 0) is 38.4 Å². The highest BCUT2D eigenvalue weighted by molar-refractivity contribution is 5.57. The Labute approximate surface area is 102 Å². The standard InChI is InChI=1S/C13H18N4/c1-3-17(11-5-6-15-9-11)13-12(8-14)10(2)4-7-16-13/h4,7,11,15H,3,5-6,9H2,1-2H3. The van der Waals surface area contributed by atoms with E-state index < -0.39 is 0 Å². The monoisotopic (exact) mass is 230 g/mol. The number of nitrogens with one attached hydrogen (secondary N) is 1. The van der Waals surface area contributed by atoms with Crippen LogP contribution in [-0.4, -0.2) is 30.7 Å². The van der Waals surface area contributed by atoms with Crippen molar-refractivity contribution in [2.75, 3.05) is 24.5 Å². The molecule has 0 bridgehead atoms. The minimum Gasteiger partial charge on any atom is -0.351 e. The van der Waals surface area contributed by atoms with Crippen molar-refractivity contribution in [2.45, 2.75) is 26.3 Å². The van der Waals surface area contributed by atoms with E-state index in [0.717, 1.165) is 37.4 Å². The van der Waals surface area contributed by atoms with Crippen molar-refractivity contribution in [2.24, 2.45) is 0 Å². The molecule has 1 unspecified atom stereocenters. The predicted octanol–water partition coefficient (Wildman–Crippen LogP) is 1.45. The second-order valence-electron chi connectivity index (χ2n) is 4.37. The van der Waals surface area contributed by atoms with Crippen LogP contribution in [0.1, 0.15) is 24.5 Å². The topological polar surface area (TPSA) is 52.0 Å². The van der Waals surface area contributed by atoms with Crippen molar-refractivity contribution in [1.82, 2.24) is 10.3 Å². The van der Waals surface area contributed by atoms with Crippen molar-refractivity contribution in [3.8, 4) is 6.07 Å². The Morgan fingerprint density at radius 2 is 2.47 bits per heavy atom. The van der Waals surface area contributed by atoms with Crippen molar-refractivity contribution in [3.05, 3.63) is 23.4 Å². The highest BCUT2D eigenvalue weighted by atomic mass is 15.2. The van der Waals surface area contributed by atoms with Gasteiger partial charge in [0.25, 0.3) is 0 Å². The number of likely N-dealkylation sites (N-methyl/N-ethyl adjacent to an activating group) is 1. The lowest BCUT2D eigenvalue weighted by Crippen LogP contribution is -2.38. The summed E-state index contributed by atoms with van der Waals surface area (Å²) >= 11 is 0. The largest absolute Gasteiger partial charge is 0.351 e. The van der Waals surface area contributed by atoms with Crippen LogP contribution in [-0.2, 0) is 0 Å². The van der Waals surface area contributed by atoms with Crippen molar-refractivity contribution < 1.29 is 0 Å². The molecule has 4 nitrogen and oxygen atoms in total. The molecule has 1 aliphatic heterocycles. The summed E-state index contributed by atoms with van der Waals surface area (Å²) in [6.07, 6.45) is 2.91. The molecule has 1 N–H and O–H groups in total. The van der Waals surface area contributed by atoms with Crippen LogP contribution in [0.25, 0.3) is 0 Å². The summed E-state index contributed by atoms with van der Waals surface area (Å²) < 4.78 is 0. The lowest BCUT2D eigenvalue weighted by molar-refractivity contribution is 0.639. The summed E-state index contributed by atoms with van der Waals surface area (Å²) in [5.74, 6) is 0.837. The smallest absolute Gasteiger partial charge is 0.147 e. The van der Waals surface area contributed by atoms with E-state index in [-0.39, 0.29) is 0 Å². The van der Waals surface area contributed by atoms with Crippen molar-refractivity contribution >= 4 is 5.82 Å². The van der Waals surface area contributed by atoms with Crippen LogP contribution in [0.5, 0.6) is 0 Å². The number of hydrogen-bond donors (Lipinski definition) is 1. The van der Waals surface area contributed by atoms with E-state index in [0.29, 0.717) is 11.6 Å². The minimum absolute atomic E-state index is 0.460. The van der Waals surface area contributed by atoms with Crippen LogP contribution in [0.2, 0.25) is 0 Å². The zero-order chi connectivity index (χ0) is 12.3. The first-order valence-corrected chi connectivity index (χ1v) is 6.11. The zero-order valence-electron chi connectivity index (χ0n) is 10.4. The van der Waals surface area contributed by atoms with E-state index in [1.165, 1.54) is 0 Å². The zero-order valence-corrected chi connectivity index (χ0v) is 10.4. The third kappa shape index (κ3) is 2.25. The lowest BCUT2D eigenvalue weighted by atomic mass is 10.1. The highest BCUT2D eigenvalue weighted by Gasteiger charge is 2.24. The number of rotatable bonds is 3. The Morgan fingerprint density at radius 3 is 3.06 bits per heavy atom. The van der Waals surface area contributed by atoms with Gasteiger partial charge in [-0.25, -0.2) is 4.98 Å². The van der Waals surface area contributed by atoms with Gasteiger partial charge in [-0.3, -0.25) is 0 Å². The molecule has 0 aromatic carbocycles. The highest BCUT2D eigenvalue weighted by Crippen LogP contribution is 2.23. The fourth-order valence-corrected chi connectivity index (χ4v) is 2.39. The maximum Gasteiger partial charge on any atom is 0.147 e. The molecule has 1 aromatic heterocycles. The van der Waals surface area contributed by atoms with Crippen LogP contribution < -0.4 is 10.2 Å². The molecule has 0 saturated carbocycles. The van der Waals surface area contributed by atoms with Gasteiger partial charge in [-0.1, -0.05) is 0 Å². The molecule has 2 rings (SSSR count). The van der Waals surface area contributed by atoms with Crippen molar-refractivity contribution in [1.29, 1.82) is 5.26 Å². The van der Waals surface area contributed by atoms with Gasteiger partial charge in [0, 0.05) is 25.3 Å². The molecule has 0 aliphatic carbocycles. The number of nitrogens with zero attached hydrogens (tertiary/aromatic N) is 3. The predicted molar refractivity (Wildman–Crippen MR) is 68.0 cm³/mol. The number of aromatic nitrogens is 1. The molecule has 0 amide bonds. The molecule has 90 valence electrons. The maximum atomic E-state index is 9.25. The van der Waals surface area contributed by atoms with Crippen LogP contribution in [0.3, 0.4) is 0 Å². The summed E-state index contributed by atoms with van der Waals surface area (Å²) in [5, 5.41) is 12.6. The summed E-state index contributed by atoms with van der Waals surface area (Å²) in [6.45, 7) is 6.99. The third-order valence-electron chi connectivity index (χ3n) is 3.34. The van der Waals surface area contributed by atoms with Gasteiger partial charge in [-0.2, -0.15) is 5.26 Å². The number of anilines is 1. The first-order chi connectivity index (χ1) is 8.27. The maximum absolute atomic E-state index is 9.25. The van der Waals surface area contributed by atoms with Gasteiger partial charge < -0.3 is 10.2 Å². The first-order valence-electron chi connectivity index (χ1n) is 6.11. The average Bonchev–Trinajstić information content (AvgIpc) is 2.84. The number of aryl methyl sites for hydroxylation is 1. The number of nitriles is 1. The quantitative estimate of drug-likeness (QED) is 0.854. The molecule has 1 atom stereocenters. The Balaban J connectivity index is 2.37. The number of pyridine rings is 1. The fourth-order valence-electron chi connectivity index (χ4n) is 2.39. The molecule has 0 spiro atoms. The van der Waals surface area contributed by atoms with Gasteiger partial charge in [0.15, 0.2) is 0 Å². The van der Waals surface area contributed by atoms with Crippen molar-refractivity contribution in [3.63, 3.8) is 0 Å². The molecular formula is C13H18N4. The molecular weight excluding hydrogens is 212 g/mol. The second-order valence-corrected chi connectivity index (χ2v) is 4.37. The molecule has 2 heterocycles. The first kappa shape index (κ1) is 11.9. The van der Waals surface area contributed by atoms with E-state index in [2.05, 4.69) is 28.2 Å². The third-order valence-corrected chi connectivity index (χ3v) is 3.34. The SMILES string of the molecule is CCN(c1nccc(C)c1C#N)C1CCNC1. The van der Waals surface area contributed by atoms with E-state index >= 15 is 0 Å². The van der Waals surface area contributed by atoms with Gasteiger partial charge >= 0.3 is 0 Å². The van der Waals surface area contributed by atoms with Crippen LogP contribution in [0, 0.1) is 18.3 Å². The Kier molecular flexibility index (Phi) is 3.60. The van der Waals surface area contributed by atoms with Crippen LogP contribution in [0.15, 0.2) is 12.3 Å². The Hall–Kier alpha value is -1.60. The number of hydrogen-bond acceptors (Lipinski definition) is 4. The summed E-state index contributed by atoms with van der Waals surface area (Å²) in [7, 11) is 0. The summed E-state index contributed by atoms with van der Waals surface area (Å²) in [5.41, 5.74) is 1.71. The molecule has 1 aliphatic rings. The van der Waals surface area contributed by atoms with E-state index in [1.54, 1.807) is 6.20 Å².